The summed E-state index contributed by atoms with van der Waals surface area (Å²) < 4.78 is 0. The fraction of sp³-hybridized carbons (Fsp3) is 0.474. The fourth-order valence-electron chi connectivity index (χ4n) is 4.26. The van der Waals surface area contributed by atoms with Crippen molar-refractivity contribution in [3.63, 3.8) is 0 Å². The molecule has 0 bridgehead atoms. The predicted molar refractivity (Wildman–Crippen MR) is 98.9 cm³/mol. The van der Waals surface area contributed by atoms with Crippen LogP contribution in [0.3, 0.4) is 0 Å². The van der Waals surface area contributed by atoms with Crippen LogP contribution >= 0.6 is 0 Å². The van der Waals surface area contributed by atoms with E-state index in [0.29, 0.717) is 5.56 Å². The van der Waals surface area contributed by atoms with E-state index in [4.69, 9.17) is 0 Å². The molecule has 2 aromatic rings. The molecule has 1 fully saturated rings. The summed E-state index contributed by atoms with van der Waals surface area (Å²) in [5.74, 6) is 1.96. The van der Waals surface area contributed by atoms with Gasteiger partial charge >= 0.3 is 0 Å². The molecule has 0 aromatic carbocycles. The molecule has 0 saturated carbocycles. The lowest BCUT2D eigenvalue weighted by Gasteiger charge is -2.34. The molecule has 1 saturated heterocycles. The van der Waals surface area contributed by atoms with Crippen molar-refractivity contribution in [1.82, 2.24) is 14.9 Å². The number of hydrogen-bond donors (Lipinski definition) is 2. The van der Waals surface area contributed by atoms with E-state index in [9.17, 15) is 9.90 Å². The Hall–Kier alpha value is -2.54. The number of H-pyrrole nitrogens is 1. The second-order valence-electron chi connectivity index (χ2n) is 7.40. The van der Waals surface area contributed by atoms with Gasteiger partial charge in [0.25, 0.3) is 5.91 Å². The predicted octanol–water partition coefficient (Wildman–Crippen LogP) is 2.17. The molecule has 2 aromatic heterocycles. The van der Waals surface area contributed by atoms with E-state index < -0.39 is 6.23 Å². The minimum Gasteiger partial charge on any atom is -0.368 e. The Morgan fingerprint density at radius 2 is 2.04 bits per heavy atom. The van der Waals surface area contributed by atoms with Gasteiger partial charge in [0.15, 0.2) is 6.23 Å². The van der Waals surface area contributed by atoms with Crippen LogP contribution in [0.25, 0.3) is 0 Å². The lowest BCUT2D eigenvalue weighted by Crippen LogP contribution is -2.33. The van der Waals surface area contributed by atoms with E-state index in [1.54, 1.807) is 6.20 Å². The molecule has 136 valence electrons. The van der Waals surface area contributed by atoms with Crippen LogP contribution < -0.4 is 9.80 Å². The smallest absolute Gasteiger partial charge is 0.255 e. The highest BCUT2D eigenvalue weighted by Crippen LogP contribution is 2.44. The van der Waals surface area contributed by atoms with Gasteiger partial charge in [-0.25, -0.2) is 4.98 Å². The molecule has 0 spiro atoms. The Morgan fingerprint density at radius 3 is 2.81 bits per heavy atom. The Bertz CT molecular complexity index is 845. The topological polar surface area (TPSA) is 75.7 Å². The SMILES string of the molecule is CN1c2cc(N3CCCc4cc(C(=O)N5CCCC5)cnc43)[nH]c2C1O. The zero-order valence-corrected chi connectivity index (χ0v) is 14.9. The second kappa shape index (κ2) is 5.74. The highest BCUT2D eigenvalue weighted by atomic mass is 16.3. The van der Waals surface area contributed by atoms with Gasteiger partial charge in [0.1, 0.15) is 11.6 Å². The normalized spacial score (nSPS) is 21.5. The number of aromatic nitrogens is 2. The van der Waals surface area contributed by atoms with Crippen molar-refractivity contribution in [2.24, 2.45) is 0 Å². The highest BCUT2D eigenvalue weighted by molar-refractivity contribution is 5.94. The van der Waals surface area contributed by atoms with Crippen molar-refractivity contribution >= 4 is 23.2 Å². The Labute approximate surface area is 152 Å². The summed E-state index contributed by atoms with van der Waals surface area (Å²) in [7, 11) is 1.88. The van der Waals surface area contributed by atoms with Gasteiger partial charge in [-0.2, -0.15) is 0 Å². The summed E-state index contributed by atoms with van der Waals surface area (Å²) in [6.45, 7) is 2.58. The first-order chi connectivity index (χ1) is 12.6. The number of aryl methyl sites for hydroxylation is 1. The molecule has 5 rings (SSSR count). The maximum absolute atomic E-state index is 12.6. The minimum atomic E-state index is -0.559. The molecule has 3 aliphatic rings. The number of anilines is 3. The van der Waals surface area contributed by atoms with Gasteiger partial charge in [-0.15, -0.1) is 0 Å². The van der Waals surface area contributed by atoms with Gasteiger partial charge in [-0.05, 0) is 37.3 Å². The quantitative estimate of drug-likeness (QED) is 0.865. The van der Waals surface area contributed by atoms with Crippen LogP contribution in [0.2, 0.25) is 0 Å². The molecule has 5 heterocycles. The molecule has 0 radical (unpaired) electrons. The first-order valence-corrected chi connectivity index (χ1v) is 9.33. The summed E-state index contributed by atoms with van der Waals surface area (Å²) in [5, 5.41) is 10.00. The Morgan fingerprint density at radius 1 is 1.23 bits per heavy atom. The number of aromatic amines is 1. The van der Waals surface area contributed by atoms with Crippen LogP contribution in [0, 0.1) is 0 Å². The molecule has 3 aliphatic heterocycles. The molecular formula is C19H23N5O2. The molecule has 2 N–H and O–H groups in total. The number of nitrogens with one attached hydrogen (secondary N) is 1. The number of likely N-dealkylation sites (tertiary alicyclic amines) is 1. The number of hydrogen-bond acceptors (Lipinski definition) is 5. The Balaban J connectivity index is 1.46. The van der Waals surface area contributed by atoms with Crippen LogP contribution in [-0.2, 0) is 6.42 Å². The average Bonchev–Trinajstić information content (AvgIpc) is 3.34. The number of amides is 1. The van der Waals surface area contributed by atoms with Crippen molar-refractivity contribution in [1.29, 1.82) is 0 Å². The van der Waals surface area contributed by atoms with Crippen LogP contribution in [-0.4, -0.2) is 52.6 Å². The van der Waals surface area contributed by atoms with E-state index in [0.717, 1.165) is 73.9 Å². The number of aliphatic hydroxyl groups is 1. The Kier molecular flexibility index (Phi) is 3.46. The zero-order valence-electron chi connectivity index (χ0n) is 14.9. The lowest BCUT2D eigenvalue weighted by atomic mass is 10.0. The van der Waals surface area contributed by atoms with Crippen LogP contribution in [0.5, 0.6) is 0 Å². The third-order valence-electron chi connectivity index (χ3n) is 5.77. The third kappa shape index (κ3) is 2.23. The van der Waals surface area contributed by atoms with Crippen molar-refractivity contribution in [2.75, 3.05) is 36.5 Å². The molecule has 0 aliphatic carbocycles. The van der Waals surface area contributed by atoms with E-state index in [1.165, 1.54) is 0 Å². The number of aliphatic hydroxyl groups excluding tert-OH is 1. The van der Waals surface area contributed by atoms with Gasteiger partial charge in [0.2, 0.25) is 0 Å². The van der Waals surface area contributed by atoms with Crippen molar-refractivity contribution < 1.29 is 9.90 Å². The second-order valence-corrected chi connectivity index (χ2v) is 7.40. The number of rotatable bonds is 2. The van der Waals surface area contributed by atoms with Crippen LogP contribution in [0.4, 0.5) is 17.3 Å². The number of carbonyl (C=O) groups excluding carboxylic acids is 1. The summed E-state index contributed by atoms with van der Waals surface area (Å²) >= 11 is 0. The summed E-state index contributed by atoms with van der Waals surface area (Å²) in [6, 6.07) is 4.07. The minimum absolute atomic E-state index is 0.0991. The van der Waals surface area contributed by atoms with E-state index in [1.807, 2.05) is 22.9 Å². The van der Waals surface area contributed by atoms with Gasteiger partial charge in [-0.1, -0.05) is 0 Å². The molecule has 1 unspecified atom stereocenters. The molecule has 7 nitrogen and oxygen atoms in total. The number of nitrogens with zero attached hydrogens (tertiary/aromatic N) is 4. The lowest BCUT2D eigenvalue weighted by molar-refractivity contribution is 0.0792. The average molecular weight is 353 g/mol. The standard InChI is InChI=1S/C19H23N5O2/c1-22-14-10-15(21-16(14)19(22)26)24-8-4-5-12-9-13(11-20-17(12)24)18(25)23-6-2-3-7-23/h9-11,19,21,26H,2-8H2,1H3. The van der Waals surface area contributed by atoms with Gasteiger partial charge < -0.3 is 24.8 Å². The third-order valence-corrected chi connectivity index (χ3v) is 5.77. The molecule has 26 heavy (non-hydrogen) atoms. The molecule has 7 heteroatoms. The largest absolute Gasteiger partial charge is 0.368 e. The van der Waals surface area contributed by atoms with Crippen molar-refractivity contribution in [3.8, 4) is 0 Å². The fourth-order valence-corrected chi connectivity index (χ4v) is 4.26. The first kappa shape index (κ1) is 15.7. The molecule has 1 amide bonds. The first-order valence-electron chi connectivity index (χ1n) is 9.33. The van der Waals surface area contributed by atoms with Gasteiger partial charge in [0.05, 0.1) is 16.9 Å². The number of carbonyl (C=O) groups is 1. The van der Waals surface area contributed by atoms with Crippen LogP contribution in [0.1, 0.15) is 47.1 Å². The molecule has 1 atom stereocenters. The monoisotopic (exact) mass is 353 g/mol. The van der Waals surface area contributed by atoms with Crippen LogP contribution in [0.15, 0.2) is 18.3 Å². The summed E-state index contributed by atoms with van der Waals surface area (Å²) in [4.78, 5) is 26.5. The zero-order chi connectivity index (χ0) is 17.8. The highest BCUT2D eigenvalue weighted by Gasteiger charge is 2.34. The molecular weight excluding hydrogens is 330 g/mol. The van der Waals surface area contributed by atoms with E-state index in [2.05, 4.69) is 20.9 Å². The summed E-state index contributed by atoms with van der Waals surface area (Å²) in [5.41, 5.74) is 3.70. The van der Waals surface area contributed by atoms with Gasteiger partial charge in [-0.3, -0.25) is 4.79 Å². The number of fused-ring (bicyclic) bond motifs is 2. The maximum atomic E-state index is 12.6. The van der Waals surface area contributed by atoms with E-state index in [-0.39, 0.29) is 5.91 Å². The maximum Gasteiger partial charge on any atom is 0.255 e. The van der Waals surface area contributed by atoms with Crippen molar-refractivity contribution in [2.45, 2.75) is 31.9 Å². The van der Waals surface area contributed by atoms with Gasteiger partial charge in [0, 0.05) is 38.9 Å². The number of pyridine rings is 1. The van der Waals surface area contributed by atoms with Crippen molar-refractivity contribution in [3.05, 3.63) is 35.2 Å². The van der Waals surface area contributed by atoms with E-state index >= 15 is 0 Å². The summed E-state index contributed by atoms with van der Waals surface area (Å²) in [6.07, 6.45) is 5.28.